The van der Waals surface area contributed by atoms with Gasteiger partial charge in [0.15, 0.2) is 5.54 Å². The molecule has 0 spiro atoms. The second-order valence-electron chi connectivity index (χ2n) is 5.59. The van der Waals surface area contributed by atoms with E-state index < -0.39 is 22.3 Å². The molecule has 1 aromatic heterocycles. The van der Waals surface area contributed by atoms with Crippen molar-refractivity contribution >= 4 is 29.2 Å². The number of rotatable bonds is 8. The molecule has 0 saturated carbocycles. The number of carbonyl (C=O) groups excluding carboxylic acids is 1. The molecular formula is C16H17ClN4O5. The van der Waals surface area contributed by atoms with Crippen molar-refractivity contribution in [2.24, 2.45) is 0 Å². The van der Waals surface area contributed by atoms with Crippen LogP contribution < -0.4 is 5.32 Å². The average Bonchev–Trinajstić information content (AvgIpc) is 3.08. The molecule has 1 heterocycles. The van der Waals surface area contributed by atoms with Gasteiger partial charge in [-0.2, -0.15) is 5.10 Å². The number of benzene rings is 1. The number of nitrogens with one attached hydrogen (secondary N) is 1. The molecule has 1 aromatic carbocycles. The molecule has 0 radical (unpaired) electrons. The summed E-state index contributed by atoms with van der Waals surface area (Å²) >= 11 is 5.84. The summed E-state index contributed by atoms with van der Waals surface area (Å²) in [7, 11) is 0. The summed E-state index contributed by atoms with van der Waals surface area (Å²) in [5.74, 6) is -1.70. The van der Waals surface area contributed by atoms with Crippen molar-refractivity contribution < 1.29 is 19.6 Å². The molecule has 1 amide bonds. The fourth-order valence-corrected chi connectivity index (χ4v) is 2.64. The van der Waals surface area contributed by atoms with Gasteiger partial charge in [0, 0.05) is 18.0 Å². The highest BCUT2D eigenvalue weighted by atomic mass is 35.5. The normalized spacial score (nSPS) is 13.0. The van der Waals surface area contributed by atoms with Gasteiger partial charge in [0.25, 0.3) is 0 Å². The van der Waals surface area contributed by atoms with Crippen LogP contribution in [0.1, 0.15) is 25.3 Å². The van der Waals surface area contributed by atoms with E-state index in [2.05, 4.69) is 10.4 Å². The molecule has 0 aliphatic heterocycles. The molecule has 0 aliphatic carbocycles. The van der Waals surface area contributed by atoms with Gasteiger partial charge in [0.05, 0.1) is 4.92 Å². The Morgan fingerprint density at radius 1 is 1.38 bits per heavy atom. The predicted octanol–water partition coefficient (Wildman–Crippen LogP) is 2.34. The van der Waals surface area contributed by atoms with Gasteiger partial charge in [-0.3, -0.25) is 19.6 Å². The summed E-state index contributed by atoms with van der Waals surface area (Å²) in [6.07, 6.45) is 2.33. The van der Waals surface area contributed by atoms with E-state index >= 15 is 0 Å². The zero-order valence-corrected chi connectivity index (χ0v) is 14.6. The smallest absolute Gasteiger partial charge is 0.334 e. The second-order valence-corrected chi connectivity index (χ2v) is 6.02. The van der Waals surface area contributed by atoms with Crippen LogP contribution in [0.15, 0.2) is 36.7 Å². The molecule has 2 rings (SSSR count). The van der Waals surface area contributed by atoms with Crippen molar-refractivity contribution in [1.82, 2.24) is 15.1 Å². The fraction of sp³-hybridized carbons (Fsp3) is 0.312. The van der Waals surface area contributed by atoms with Crippen molar-refractivity contribution in [3.05, 3.63) is 57.4 Å². The zero-order chi connectivity index (χ0) is 19.3. The number of nitrogens with zero attached hydrogens (tertiary/aromatic N) is 3. The highest BCUT2D eigenvalue weighted by Crippen LogP contribution is 2.27. The molecule has 1 atom stereocenters. The maximum atomic E-state index is 12.3. The van der Waals surface area contributed by atoms with Crippen LogP contribution in [0.3, 0.4) is 0 Å². The van der Waals surface area contributed by atoms with Crippen molar-refractivity contribution in [2.45, 2.75) is 31.8 Å². The third-order valence-corrected chi connectivity index (χ3v) is 4.24. The van der Waals surface area contributed by atoms with Crippen LogP contribution in [0.5, 0.6) is 0 Å². The van der Waals surface area contributed by atoms with E-state index in [0.29, 0.717) is 10.6 Å². The number of carbonyl (C=O) groups is 2. The molecule has 138 valence electrons. The van der Waals surface area contributed by atoms with Crippen molar-refractivity contribution in [1.29, 1.82) is 0 Å². The lowest BCUT2D eigenvalue weighted by Crippen LogP contribution is -2.51. The van der Waals surface area contributed by atoms with Crippen LogP contribution in [-0.2, 0) is 21.7 Å². The number of hydrogen-bond acceptors (Lipinski definition) is 5. The van der Waals surface area contributed by atoms with Gasteiger partial charge < -0.3 is 10.4 Å². The standard InChI is InChI=1S/C16H17ClN4O5/c1-2-16(15(23)24,11-3-5-12(17)6-4-11)19-14(22)7-8-20-10-13(9-18-20)21(25)26/h3-6,9-10H,2,7-8H2,1H3,(H,19,22)(H,23,24). The predicted molar refractivity (Wildman–Crippen MR) is 92.7 cm³/mol. The van der Waals surface area contributed by atoms with Crippen LogP contribution >= 0.6 is 11.6 Å². The van der Waals surface area contributed by atoms with E-state index in [0.717, 1.165) is 6.20 Å². The Balaban J connectivity index is 2.12. The third-order valence-electron chi connectivity index (χ3n) is 3.98. The Morgan fingerprint density at radius 2 is 2.04 bits per heavy atom. The van der Waals surface area contributed by atoms with Gasteiger partial charge in [-0.15, -0.1) is 0 Å². The number of amides is 1. The molecule has 1 unspecified atom stereocenters. The molecule has 0 aliphatic rings. The molecule has 9 nitrogen and oxygen atoms in total. The van der Waals surface area contributed by atoms with E-state index in [1.807, 2.05) is 0 Å². The minimum atomic E-state index is -1.59. The van der Waals surface area contributed by atoms with Gasteiger partial charge in [-0.05, 0) is 24.1 Å². The number of halogens is 1. The van der Waals surface area contributed by atoms with Crippen molar-refractivity contribution in [3.63, 3.8) is 0 Å². The minimum Gasteiger partial charge on any atom is -0.479 e. The number of hydrogen-bond donors (Lipinski definition) is 2. The molecule has 10 heteroatoms. The van der Waals surface area contributed by atoms with Crippen LogP contribution in [0, 0.1) is 10.1 Å². The van der Waals surface area contributed by atoms with Crippen molar-refractivity contribution in [3.8, 4) is 0 Å². The molecule has 2 aromatic rings. The summed E-state index contributed by atoms with van der Waals surface area (Å²) < 4.78 is 1.26. The first-order valence-corrected chi connectivity index (χ1v) is 8.13. The SMILES string of the molecule is CCC(NC(=O)CCn1cc([N+](=O)[O-])cn1)(C(=O)O)c1ccc(Cl)cc1. The van der Waals surface area contributed by atoms with Crippen LogP contribution in [0.25, 0.3) is 0 Å². The van der Waals surface area contributed by atoms with Gasteiger partial charge in [-0.25, -0.2) is 4.79 Å². The first-order chi connectivity index (χ1) is 12.3. The van der Waals surface area contributed by atoms with E-state index in [9.17, 15) is 24.8 Å². The molecule has 26 heavy (non-hydrogen) atoms. The summed E-state index contributed by atoms with van der Waals surface area (Å²) in [4.78, 5) is 34.2. The lowest BCUT2D eigenvalue weighted by atomic mass is 9.87. The second kappa shape index (κ2) is 7.96. The monoisotopic (exact) mass is 380 g/mol. The number of carboxylic acid groups (broad SMARTS) is 1. The zero-order valence-electron chi connectivity index (χ0n) is 13.9. The van der Waals surface area contributed by atoms with Gasteiger partial charge in [-0.1, -0.05) is 30.7 Å². The van der Waals surface area contributed by atoms with Gasteiger partial charge in [0.2, 0.25) is 5.91 Å². The summed E-state index contributed by atoms with van der Waals surface area (Å²) in [6, 6.07) is 6.22. The lowest BCUT2D eigenvalue weighted by Gasteiger charge is -2.30. The molecular weight excluding hydrogens is 364 g/mol. The number of aliphatic carboxylic acids is 1. The average molecular weight is 381 g/mol. The third kappa shape index (κ3) is 4.17. The minimum absolute atomic E-state index is 0.0819. The number of aromatic nitrogens is 2. The lowest BCUT2D eigenvalue weighted by molar-refractivity contribution is -0.385. The van der Waals surface area contributed by atoms with Crippen LogP contribution in [-0.4, -0.2) is 31.7 Å². The van der Waals surface area contributed by atoms with Gasteiger partial charge >= 0.3 is 11.7 Å². The molecule has 0 bridgehead atoms. The van der Waals surface area contributed by atoms with Gasteiger partial charge in [0.1, 0.15) is 12.4 Å². The maximum absolute atomic E-state index is 12.3. The first-order valence-electron chi connectivity index (χ1n) is 7.76. The Bertz CT molecular complexity index is 820. The topological polar surface area (TPSA) is 127 Å². The summed E-state index contributed by atoms with van der Waals surface area (Å²) in [6.45, 7) is 1.74. The highest BCUT2D eigenvalue weighted by molar-refractivity contribution is 6.30. The van der Waals surface area contributed by atoms with Crippen LogP contribution in [0.2, 0.25) is 5.02 Å². The quantitative estimate of drug-likeness (QED) is 0.534. The molecule has 0 saturated heterocycles. The van der Waals surface area contributed by atoms with Crippen LogP contribution in [0.4, 0.5) is 5.69 Å². The maximum Gasteiger partial charge on any atom is 0.334 e. The Kier molecular flexibility index (Phi) is 5.93. The summed E-state index contributed by atoms with van der Waals surface area (Å²) in [5, 5.41) is 27.1. The van der Waals surface area contributed by atoms with E-state index in [-0.39, 0.29) is 25.1 Å². The number of carboxylic acids is 1. The highest BCUT2D eigenvalue weighted by Gasteiger charge is 2.40. The van der Waals surface area contributed by atoms with E-state index in [1.54, 1.807) is 31.2 Å². The Morgan fingerprint density at radius 3 is 2.54 bits per heavy atom. The fourth-order valence-electron chi connectivity index (χ4n) is 2.51. The largest absolute Gasteiger partial charge is 0.479 e. The molecule has 2 N–H and O–H groups in total. The Labute approximate surface area is 153 Å². The van der Waals surface area contributed by atoms with E-state index in [1.165, 1.54) is 10.9 Å². The van der Waals surface area contributed by atoms with Crippen molar-refractivity contribution in [2.75, 3.05) is 0 Å². The Hall–Kier alpha value is -2.94. The number of nitro groups is 1. The molecule has 0 fully saturated rings. The summed E-state index contributed by atoms with van der Waals surface area (Å²) in [5.41, 5.74) is -1.36. The number of aryl methyl sites for hydroxylation is 1. The van der Waals surface area contributed by atoms with E-state index in [4.69, 9.17) is 11.6 Å². The first kappa shape index (κ1) is 19.4.